The molecule has 1 saturated heterocycles. The molecule has 0 saturated carbocycles. The quantitative estimate of drug-likeness (QED) is 0.381. The number of thiophene rings is 1. The molecule has 0 bridgehead atoms. The number of likely N-dealkylation sites (tertiary alicyclic amines) is 1. The van der Waals surface area contributed by atoms with E-state index in [4.69, 9.17) is 0 Å². The number of likely N-dealkylation sites (N-methyl/N-ethyl adjacent to an activating group) is 1. The summed E-state index contributed by atoms with van der Waals surface area (Å²) in [6.07, 6.45) is 5.05. The highest BCUT2D eigenvalue weighted by molar-refractivity contribution is 14.0. The van der Waals surface area contributed by atoms with Crippen molar-refractivity contribution in [3.8, 4) is 0 Å². The molecule has 0 atom stereocenters. The molecular formula is C18H33IN4S. The van der Waals surface area contributed by atoms with Gasteiger partial charge in [-0.15, -0.1) is 35.3 Å². The number of nitrogens with one attached hydrogen (secondary N) is 1. The van der Waals surface area contributed by atoms with Crippen molar-refractivity contribution in [3.63, 3.8) is 0 Å². The summed E-state index contributed by atoms with van der Waals surface area (Å²) < 4.78 is 0. The second-order valence-electron chi connectivity index (χ2n) is 6.39. The van der Waals surface area contributed by atoms with Crippen LogP contribution in [0.5, 0.6) is 0 Å². The highest BCUT2D eigenvalue weighted by atomic mass is 127. The van der Waals surface area contributed by atoms with E-state index in [2.05, 4.69) is 51.6 Å². The third-order valence-corrected chi connectivity index (χ3v) is 5.77. The molecule has 0 amide bonds. The normalized spacial score (nSPS) is 16.7. The summed E-state index contributed by atoms with van der Waals surface area (Å²) in [5, 5.41) is 5.68. The van der Waals surface area contributed by atoms with Crippen LogP contribution in [0.1, 0.15) is 31.1 Å². The molecule has 0 aromatic carbocycles. The summed E-state index contributed by atoms with van der Waals surface area (Å²) in [6.45, 7) is 8.06. The lowest BCUT2D eigenvalue weighted by molar-refractivity contribution is 0.187. The van der Waals surface area contributed by atoms with Crippen LogP contribution in [0.4, 0.5) is 0 Å². The number of rotatable bonds is 7. The summed E-state index contributed by atoms with van der Waals surface area (Å²) in [5.74, 6) is 1.90. The molecule has 4 nitrogen and oxygen atoms in total. The fraction of sp³-hybridized carbons (Fsp3) is 0.722. The fourth-order valence-electron chi connectivity index (χ4n) is 3.20. The number of aliphatic imine (C=N–C) groups is 1. The van der Waals surface area contributed by atoms with Gasteiger partial charge in [0.2, 0.25) is 0 Å². The van der Waals surface area contributed by atoms with E-state index in [0.717, 1.165) is 31.4 Å². The van der Waals surface area contributed by atoms with Crippen molar-refractivity contribution in [1.82, 2.24) is 15.1 Å². The van der Waals surface area contributed by atoms with Gasteiger partial charge in [-0.3, -0.25) is 4.99 Å². The van der Waals surface area contributed by atoms with Gasteiger partial charge in [0.15, 0.2) is 5.96 Å². The zero-order valence-corrected chi connectivity index (χ0v) is 18.5. The van der Waals surface area contributed by atoms with Gasteiger partial charge in [-0.2, -0.15) is 0 Å². The van der Waals surface area contributed by atoms with Gasteiger partial charge in [0.05, 0.1) is 0 Å². The molecule has 0 spiro atoms. The first kappa shape index (κ1) is 21.7. The van der Waals surface area contributed by atoms with Crippen LogP contribution >= 0.6 is 35.3 Å². The molecular weight excluding hydrogens is 431 g/mol. The van der Waals surface area contributed by atoms with Crippen LogP contribution in [-0.2, 0) is 6.42 Å². The predicted octanol–water partition coefficient (Wildman–Crippen LogP) is 3.54. The van der Waals surface area contributed by atoms with Gasteiger partial charge in [0.25, 0.3) is 0 Å². The minimum absolute atomic E-state index is 0. The van der Waals surface area contributed by atoms with Crippen LogP contribution in [0, 0.1) is 5.92 Å². The van der Waals surface area contributed by atoms with Crippen molar-refractivity contribution in [2.24, 2.45) is 10.9 Å². The van der Waals surface area contributed by atoms with Crippen LogP contribution in [0.3, 0.4) is 0 Å². The third-order valence-electron chi connectivity index (χ3n) is 4.84. The van der Waals surface area contributed by atoms with Gasteiger partial charge in [-0.1, -0.05) is 13.0 Å². The Morgan fingerprint density at radius 3 is 2.75 bits per heavy atom. The van der Waals surface area contributed by atoms with Crippen molar-refractivity contribution in [2.45, 2.75) is 32.6 Å². The molecule has 1 aliphatic rings. The first-order valence-corrected chi connectivity index (χ1v) is 9.77. The second kappa shape index (κ2) is 12.1. The molecule has 1 aromatic heterocycles. The SMILES string of the molecule is CCN1CCC(CCNC(=NC)N(C)CCc2cccs2)CC1.I. The Morgan fingerprint density at radius 2 is 2.17 bits per heavy atom. The van der Waals surface area contributed by atoms with Gasteiger partial charge >= 0.3 is 0 Å². The highest BCUT2D eigenvalue weighted by Gasteiger charge is 2.17. The van der Waals surface area contributed by atoms with Crippen molar-refractivity contribution in [3.05, 3.63) is 22.4 Å². The number of hydrogen-bond donors (Lipinski definition) is 1. The maximum atomic E-state index is 4.42. The first-order chi connectivity index (χ1) is 11.2. The summed E-state index contributed by atoms with van der Waals surface area (Å²) in [4.78, 5) is 10.7. The van der Waals surface area contributed by atoms with Crippen LogP contribution in [0.2, 0.25) is 0 Å². The zero-order valence-electron chi connectivity index (χ0n) is 15.3. The molecule has 0 radical (unpaired) electrons. The number of hydrogen-bond acceptors (Lipinski definition) is 3. The summed E-state index contributed by atoms with van der Waals surface area (Å²) in [6, 6.07) is 4.33. The van der Waals surface area contributed by atoms with E-state index in [1.807, 2.05) is 18.4 Å². The van der Waals surface area contributed by atoms with Gasteiger partial charge in [-0.05, 0) is 62.7 Å². The second-order valence-corrected chi connectivity index (χ2v) is 7.42. The Kier molecular flexibility index (Phi) is 10.9. The minimum Gasteiger partial charge on any atom is -0.356 e. The van der Waals surface area contributed by atoms with E-state index in [9.17, 15) is 0 Å². The fourth-order valence-corrected chi connectivity index (χ4v) is 3.90. The molecule has 0 aliphatic carbocycles. The minimum atomic E-state index is 0. The lowest BCUT2D eigenvalue weighted by Gasteiger charge is -2.31. The first-order valence-electron chi connectivity index (χ1n) is 8.89. The zero-order chi connectivity index (χ0) is 16.5. The molecule has 2 rings (SSSR count). The van der Waals surface area contributed by atoms with E-state index in [0.29, 0.717) is 0 Å². The molecule has 1 N–H and O–H groups in total. The van der Waals surface area contributed by atoms with Gasteiger partial charge in [0.1, 0.15) is 0 Å². The van der Waals surface area contributed by atoms with E-state index in [-0.39, 0.29) is 24.0 Å². The molecule has 1 aromatic rings. The molecule has 1 aliphatic heterocycles. The Balaban J connectivity index is 0.00000288. The standard InChI is InChI=1S/C18H32N4S.HI/c1-4-22-13-8-16(9-14-22)7-11-20-18(19-2)21(3)12-10-17-6-5-15-23-17;/h5-6,15-16H,4,7-14H2,1-3H3,(H,19,20);1H. The van der Waals surface area contributed by atoms with Crippen molar-refractivity contribution in [2.75, 3.05) is 46.8 Å². The third kappa shape index (κ3) is 7.27. The summed E-state index contributed by atoms with van der Waals surface area (Å²) in [7, 11) is 4.01. The summed E-state index contributed by atoms with van der Waals surface area (Å²) >= 11 is 1.83. The average molecular weight is 464 g/mol. The molecule has 2 heterocycles. The highest BCUT2D eigenvalue weighted by Crippen LogP contribution is 2.19. The van der Waals surface area contributed by atoms with Gasteiger partial charge in [0, 0.05) is 32.1 Å². The van der Waals surface area contributed by atoms with Crippen molar-refractivity contribution < 1.29 is 0 Å². The smallest absolute Gasteiger partial charge is 0.193 e. The van der Waals surface area contributed by atoms with Gasteiger partial charge in [-0.25, -0.2) is 0 Å². The molecule has 6 heteroatoms. The number of guanidine groups is 1. The number of nitrogens with zero attached hydrogens (tertiary/aromatic N) is 3. The van der Waals surface area contributed by atoms with Crippen LogP contribution in [0.25, 0.3) is 0 Å². The largest absolute Gasteiger partial charge is 0.356 e. The monoisotopic (exact) mass is 464 g/mol. The van der Waals surface area contributed by atoms with Crippen LogP contribution in [-0.4, -0.2) is 62.6 Å². The molecule has 138 valence electrons. The number of halogens is 1. The van der Waals surface area contributed by atoms with Crippen LogP contribution in [0.15, 0.2) is 22.5 Å². The Labute approximate surface area is 168 Å². The Morgan fingerprint density at radius 1 is 1.42 bits per heavy atom. The van der Waals surface area contributed by atoms with E-state index in [1.54, 1.807) is 0 Å². The Bertz CT molecular complexity index is 456. The molecule has 0 unspecified atom stereocenters. The van der Waals surface area contributed by atoms with Crippen molar-refractivity contribution >= 4 is 41.3 Å². The number of piperidine rings is 1. The van der Waals surface area contributed by atoms with Crippen molar-refractivity contribution in [1.29, 1.82) is 0 Å². The lowest BCUT2D eigenvalue weighted by atomic mass is 9.93. The van der Waals surface area contributed by atoms with E-state index < -0.39 is 0 Å². The van der Waals surface area contributed by atoms with Crippen LogP contribution < -0.4 is 5.32 Å². The lowest BCUT2D eigenvalue weighted by Crippen LogP contribution is -2.41. The maximum Gasteiger partial charge on any atom is 0.193 e. The van der Waals surface area contributed by atoms with E-state index in [1.165, 1.54) is 43.8 Å². The molecule has 24 heavy (non-hydrogen) atoms. The van der Waals surface area contributed by atoms with E-state index >= 15 is 0 Å². The maximum absolute atomic E-state index is 4.42. The topological polar surface area (TPSA) is 30.9 Å². The predicted molar refractivity (Wildman–Crippen MR) is 117 cm³/mol. The summed E-state index contributed by atoms with van der Waals surface area (Å²) in [5.41, 5.74) is 0. The Hall–Kier alpha value is -0.340. The average Bonchev–Trinajstić information content (AvgIpc) is 3.10. The van der Waals surface area contributed by atoms with Gasteiger partial charge < -0.3 is 15.1 Å². The molecule has 1 fully saturated rings.